The molecule has 0 saturated heterocycles. The summed E-state index contributed by atoms with van der Waals surface area (Å²) in [6.45, 7) is 10.9. The maximum Gasteiger partial charge on any atom is 0.119 e. The zero-order valence-corrected chi connectivity index (χ0v) is 19.1. The van der Waals surface area contributed by atoms with Gasteiger partial charge in [-0.1, -0.05) is 69.3 Å². The van der Waals surface area contributed by atoms with Crippen molar-refractivity contribution in [2.75, 3.05) is 13.2 Å². The number of benzene rings is 2. The summed E-state index contributed by atoms with van der Waals surface area (Å²) in [4.78, 5) is 6.95. The lowest BCUT2D eigenvalue weighted by Crippen LogP contribution is -2.36. The monoisotopic (exact) mass is 418 g/mol. The highest BCUT2D eigenvalue weighted by molar-refractivity contribution is 5.28. The molecule has 1 unspecified atom stereocenters. The van der Waals surface area contributed by atoms with E-state index in [1.807, 2.05) is 42.6 Å². The Hall–Kier alpha value is -2.69. The number of pyridine rings is 1. The molecule has 2 aromatic carbocycles. The van der Waals surface area contributed by atoms with Gasteiger partial charge in [-0.05, 0) is 41.8 Å². The minimum atomic E-state index is -0.598. The molecule has 164 valence electrons. The van der Waals surface area contributed by atoms with Crippen molar-refractivity contribution < 1.29 is 9.84 Å². The summed E-state index contributed by atoms with van der Waals surface area (Å²) in [5, 5.41) is 10.8. The summed E-state index contributed by atoms with van der Waals surface area (Å²) >= 11 is 0. The standard InChI is InChI=1S/C27H34N2O2/c1-21-11-8-9-12-22(21)17-29(18-23-13-10-16-28-26(23)27(2,3)4)19-24(30)20-31-25-14-6-5-7-15-25/h5-16,24,30H,17-20H2,1-4H3. The summed E-state index contributed by atoms with van der Waals surface area (Å²) in [7, 11) is 0. The SMILES string of the molecule is Cc1ccccc1CN(Cc1cccnc1C(C)(C)C)CC(O)COc1ccccc1. The van der Waals surface area contributed by atoms with Crippen LogP contribution in [-0.2, 0) is 18.5 Å². The zero-order chi connectivity index (χ0) is 22.3. The van der Waals surface area contributed by atoms with E-state index in [4.69, 9.17) is 4.74 Å². The van der Waals surface area contributed by atoms with Crippen LogP contribution in [0.4, 0.5) is 0 Å². The van der Waals surface area contributed by atoms with Crippen LogP contribution in [0.2, 0.25) is 0 Å². The number of aromatic nitrogens is 1. The Kier molecular flexibility index (Phi) is 7.83. The highest BCUT2D eigenvalue weighted by Crippen LogP contribution is 2.25. The molecule has 0 aliphatic carbocycles. The van der Waals surface area contributed by atoms with E-state index in [1.165, 1.54) is 16.7 Å². The molecule has 4 nitrogen and oxygen atoms in total. The van der Waals surface area contributed by atoms with Gasteiger partial charge in [0.25, 0.3) is 0 Å². The van der Waals surface area contributed by atoms with Crippen LogP contribution in [0.5, 0.6) is 5.75 Å². The molecule has 0 amide bonds. The fraction of sp³-hybridized carbons (Fsp3) is 0.370. The van der Waals surface area contributed by atoms with Gasteiger partial charge in [-0.2, -0.15) is 0 Å². The summed E-state index contributed by atoms with van der Waals surface area (Å²) in [6, 6.07) is 22.2. The predicted octanol–water partition coefficient (Wildman–Crippen LogP) is 5.13. The first kappa shape index (κ1) is 23.0. The van der Waals surface area contributed by atoms with E-state index in [2.05, 4.69) is 67.9 Å². The first-order valence-corrected chi connectivity index (χ1v) is 10.9. The smallest absolute Gasteiger partial charge is 0.119 e. The molecule has 1 N–H and O–H groups in total. The molecule has 0 saturated carbocycles. The van der Waals surface area contributed by atoms with Crippen molar-refractivity contribution >= 4 is 0 Å². The van der Waals surface area contributed by atoms with Gasteiger partial charge in [0.15, 0.2) is 0 Å². The number of aliphatic hydroxyl groups is 1. The topological polar surface area (TPSA) is 45.6 Å². The van der Waals surface area contributed by atoms with Crippen molar-refractivity contribution in [2.24, 2.45) is 0 Å². The number of aliphatic hydroxyl groups excluding tert-OH is 1. The number of hydrogen-bond donors (Lipinski definition) is 1. The number of ether oxygens (including phenoxy) is 1. The Balaban J connectivity index is 1.76. The van der Waals surface area contributed by atoms with Gasteiger partial charge in [0.2, 0.25) is 0 Å². The van der Waals surface area contributed by atoms with Gasteiger partial charge in [0, 0.05) is 31.2 Å². The maximum absolute atomic E-state index is 10.8. The lowest BCUT2D eigenvalue weighted by atomic mass is 9.88. The molecule has 1 aromatic heterocycles. The van der Waals surface area contributed by atoms with Crippen LogP contribution in [-0.4, -0.2) is 34.2 Å². The van der Waals surface area contributed by atoms with Gasteiger partial charge in [0.05, 0.1) is 5.69 Å². The molecule has 0 spiro atoms. The van der Waals surface area contributed by atoms with Crippen LogP contribution in [0.3, 0.4) is 0 Å². The molecule has 1 atom stereocenters. The van der Waals surface area contributed by atoms with E-state index in [9.17, 15) is 5.11 Å². The summed E-state index contributed by atoms with van der Waals surface area (Å²) < 4.78 is 5.78. The summed E-state index contributed by atoms with van der Waals surface area (Å²) in [6.07, 6.45) is 1.26. The first-order valence-electron chi connectivity index (χ1n) is 10.9. The number of para-hydroxylation sites is 1. The molecule has 31 heavy (non-hydrogen) atoms. The summed E-state index contributed by atoms with van der Waals surface area (Å²) in [5.74, 6) is 0.772. The van der Waals surface area contributed by atoms with E-state index in [0.717, 1.165) is 24.5 Å². The number of rotatable bonds is 9. The van der Waals surface area contributed by atoms with Crippen LogP contribution in [0, 0.1) is 6.92 Å². The predicted molar refractivity (Wildman–Crippen MR) is 126 cm³/mol. The van der Waals surface area contributed by atoms with Crippen molar-refractivity contribution in [1.29, 1.82) is 0 Å². The number of aryl methyl sites for hydroxylation is 1. The fourth-order valence-electron chi connectivity index (χ4n) is 3.76. The Morgan fingerprint density at radius 1 is 0.903 bits per heavy atom. The molecular formula is C27H34N2O2. The largest absolute Gasteiger partial charge is 0.491 e. The minimum absolute atomic E-state index is 0.0417. The fourth-order valence-corrected chi connectivity index (χ4v) is 3.76. The van der Waals surface area contributed by atoms with Crippen LogP contribution in [0.1, 0.15) is 43.2 Å². The van der Waals surface area contributed by atoms with Gasteiger partial charge >= 0.3 is 0 Å². The van der Waals surface area contributed by atoms with E-state index >= 15 is 0 Å². The molecule has 0 aliphatic rings. The van der Waals surface area contributed by atoms with Gasteiger partial charge in [-0.25, -0.2) is 0 Å². The highest BCUT2D eigenvalue weighted by atomic mass is 16.5. The molecular weight excluding hydrogens is 384 g/mol. The minimum Gasteiger partial charge on any atom is -0.491 e. The lowest BCUT2D eigenvalue weighted by molar-refractivity contribution is 0.0625. The molecule has 0 bridgehead atoms. The second-order valence-corrected chi connectivity index (χ2v) is 9.14. The van der Waals surface area contributed by atoms with Crippen LogP contribution in [0.25, 0.3) is 0 Å². The lowest BCUT2D eigenvalue weighted by Gasteiger charge is -2.29. The molecule has 4 heteroatoms. The average molecular weight is 419 g/mol. The van der Waals surface area contributed by atoms with Gasteiger partial charge in [-0.15, -0.1) is 0 Å². The first-order chi connectivity index (χ1) is 14.8. The van der Waals surface area contributed by atoms with E-state index < -0.39 is 6.10 Å². The molecule has 0 radical (unpaired) electrons. The molecule has 0 aliphatic heterocycles. The normalized spacial score (nSPS) is 12.7. The van der Waals surface area contributed by atoms with Crippen LogP contribution >= 0.6 is 0 Å². The maximum atomic E-state index is 10.8. The third-order valence-corrected chi connectivity index (χ3v) is 5.31. The van der Waals surface area contributed by atoms with Gasteiger partial charge < -0.3 is 9.84 Å². The van der Waals surface area contributed by atoms with Crippen molar-refractivity contribution in [3.63, 3.8) is 0 Å². The third kappa shape index (κ3) is 6.91. The van der Waals surface area contributed by atoms with Crippen molar-refractivity contribution in [2.45, 2.75) is 52.3 Å². The molecule has 3 rings (SSSR count). The average Bonchev–Trinajstić information content (AvgIpc) is 2.74. The second kappa shape index (κ2) is 10.6. The Morgan fingerprint density at radius 3 is 2.26 bits per heavy atom. The molecule has 0 fully saturated rings. The van der Waals surface area contributed by atoms with Crippen molar-refractivity contribution in [1.82, 2.24) is 9.88 Å². The van der Waals surface area contributed by atoms with Crippen LogP contribution < -0.4 is 4.74 Å². The molecule has 3 aromatic rings. The van der Waals surface area contributed by atoms with Crippen LogP contribution in [0.15, 0.2) is 72.9 Å². The Bertz CT molecular complexity index is 951. The van der Waals surface area contributed by atoms with E-state index in [1.54, 1.807) is 0 Å². The van der Waals surface area contributed by atoms with Crippen molar-refractivity contribution in [3.8, 4) is 5.75 Å². The molecule has 1 heterocycles. The van der Waals surface area contributed by atoms with E-state index in [-0.39, 0.29) is 12.0 Å². The Morgan fingerprint density at radius 2 is 1.55 bits per heavy atom. The summed E-state index contributed by atoms with van der Waals surface area (Å²) in [5.41, 5.74) is 4.77. The highest BCUT2D eigenvalue weighted by Gasteiger charge is 2.22. The number of nitrogens with zero attached hydrogens (tertiary/aromatic N) is 2. The number of hydrogen-bond acceptors (Lipinski definition) is 4. The van der Waals surface area contributed by atoms with Crippen molar-refractivity contribution in [3.05, 3.63) is 95.3 Å². The Labute approximate surface area is 186 Å². The zero-order valence-electron chi connectivity index (χ0n) is 19.1. The van der Waals surface area contributed by atoms with Gasteiger partial charge in [0.1, 0.15) is 18.5 Å². The van der Waals surface area contributed by atoms with E-state index in [0.29, 0.717) is 6.54 Å². The second-order valence-electron chi connectivity index (χ2n) is 9.14. The van der Waals surface area contributed by atoms with Gasteiger partial charge in [-0.3, -0.25) is 9.88 Å². The third-order valence-electron chi connectivity index (χ3n) is 5.31. The quantitative estimate of drug-likeness (QED) is 0.523.